The van der Waals surface area contributed by atoms with Crippen LogP contribution in [0, 0.1) is 0 Å². The van der Waals surface area contributed by atoms with Crippen molar-refractivity contribution in [3.05, 3.63) is 23.8 Å². The number of rotatable bonds is 7. The van der Waals surface area contributed by atoms with Crippen LogP contribution in [0.15, 0.2) is 23.1 Å². The number of nitrogens with two attached hydrogens (primary N) is 2. The summed E-state index contributed by atoms with van der Waals surface area (Å²) in [6, 6.07) is 4.15. The molecule has 0 saturated heterocycles. The van der Waals surface area contributed by atoms with Gasteiger partial charge in [0.05, 0.1) is 6.61 Å². The van der Waals surface area contributed by atoms with Crippen molar-refractivity contribution in [1.29, 1.82) is 0 Å². The van der Waals surface area contributed by atoms with Crippen molar-refractivity contribution in [3.63, 3.8) is 0 Å². The Bertz CT molecular complexity index is 575. The minimum absolute atomic E-state index is 0.135. The molecule has 0 fully saturated rings. The van der Waals surface area contributed by atoms with Crippen molar-refractivity contribution < 1.29 is 31.1 Å². The van der Waals surface area contributed by atoms with E-state index in [1.165, 1.54) is 12.1 Å². The van der Waals surface area contributed by atoms with Crippen LogP contribution in [0.3, 0.4) is 0 Å². The third kappa shape index (κ3) is 6.29. The summed E-state index contributed by atoms with van der Waals surface area (Å²) >= 11 is 0. The second-order valence-corrected chi connectivity index (χ2v) is 5.54. The summed E-state index contributed by atoms with van der Waals surface area (Å²) in [6.45, 7) is -0.930. The lowest BCUT2D eigenvalue weighted by molar-refractivity contribution is -0.325. The van der Waals surface area contributed by atoms with Crippen molar-refractivity contribution >= 4 is 10.0 Å². The van der Waals surface area contributed by atoms with Crippen LogP contribution >= 0.6 is 0 Å². The largest absolute Gasteiger partial charge is 0.522 e. The molecule has 0 bridgehead atoms. The molecule has 1 aromatic rings. The third-order valence-electron chi connectivity index (χ3n) is 2.35. The predicted molar refractivity (Wildman–Crippen MR) is 68.1 cm³/mol. The molecule has 0 aliphatic rings. The summed E-state index contributed by atoms with van der Waals surface area (Å²) in [6.07, 6.45) is -4.34. The van der Waals surface area contributed by atoms with Crippen molar-refractivity contribution in [3.8, 4) is 5.75 Å². The van der Waals surface area contributed by atoms with Gasteiger partial charge in [0, 0.05) is 0 Å². The van der Waals surface area contributed by atoms with Crippen LogP contribution in [0.25, 0.3) is 0 Å². The fraction of sp³-hybridized carbons (Fsp3) is 0.455. The Kier molecular flexibility index (Phi) is 5.96. The van der Waals surface area contributed by atoms with Crippen LogP contribution < -0.4 is 15.6 Å². The molecule has 10 heteroatoms. The van der Waals surface area contributed by atoms with Gasteiger partial charge in [0.25, 0.3) is 0 Å². The van der Waals surface area contributed by atoms with Crippen LogP contribution in [-0.2, 0) is 21.2 Å². The van der Waals surface area contributed by atoms with E-state index in [1.54, 1.807) is 6.07 Å². The van der Waals surface area contributed by atoms with Gasteiger partial charge in [-0.1, -0.05) is 6.07 Å². The van der Waals surface area contributed by atoms with Gasteiger partial charge < -0.3 is 10.5 Å². The molecule has 0 spiro atoms. The van der Waals surface area contributed by atoms with Crippen LogP contribution in [0.5, 0.6) is 5.75 Å². The summed E-state index contributed by atoms with van der Waals surface area (Å²) in [4.78, 5) is -0.305. The highest BCUT2D eigenvalue weighted by molar-refractivity contribution is 7.89. The summed E-state index contributed by atoms with van der Waals surface area (Å²) in [5.74, 6) is -0.135. The fourth-order valence-electron chi connectivity index (χ4n) is 1.53. The van der Waals surface area contributed by atoms with Gasteiger partial charge in [0.2, 0.25) is 10.0 Å². The first-order chi connectivity index (χ1) is 9.63. The van der Waals surface area contributed by atoms with E-state index >= 15 is 0 Å². The number of benzene rings is 1. The highest BCUT2D eigenvalue weighted by Crippen LogP contribution is 2.24. The zero-order valence-corrected chi connectivity index (χ0v) is 11.7. The van der Waals surface area contributed by atoms with Gasteiger partial charge in [-0.15, -0.1) is 13.2 Å². The first-order valence-corrected chi connectivity index (χ1v) is 7.37. The standard InChI is InChI=1S/C11H15F3N2O4S/c12-11(13,14)20-6-5-19-9-2-1-8(3-4-15)7-10(9)21(16,17)18/h1-2,7H,3-6,15H2,(H2,16,17,18). The van der Waals surface area contributed by atoms with Crippen LogP contribution in [0.2, 0.25) is 0 Å². The monoisotopic (exact) mass is 328 g/mol. The summed E-state index contributed by atoms with van der Waals surface area (Å²) in [5.41, 5.74) is 5.99. The highest BCUT2D eigenvalue weighted by Gasteiger charge is 2.28. The van der Waals surface area contributed by atoms with E-state index in [0.717, 1.165) is 0 Å². The predicted octanol–water partition coefficient (Wildman–Crippen LogP) is 0.750. The zero-order valence-electron chi connectivity index (χ0n) is 10.9. The Morgan fingerprint density at radius 1 is 1.19 bits per heavy atom. The van der Waals surface area contributed by atoms with Crippen molar-refractivity contribution in [2.24, 2.45) is 10.9 Å². The first-order valence-electron chi connectivity index (χ1n) is 5.83. The van der Waals surface area contributed by atoms with E-state index in [9.17, 15) is 21.6 Å². The number of sulfonamides is 1. The normalized spacial score (nSPS) is 12.4. The number of halogens is 3. The van der Waals surface area contributed by atoms with Gasteiger partial charge in [0.15, 0.2) is 0 Å². The van der Waals surface area contributed by atoms with E-state index in [0.29, 0.717) is 18.5 Å². The highest BCUT2D eigenvalue weighted by atomic mass is 32.2. The van der Waals surface area contributed by atoms with Crippen LogP contribution in [0.1, 0.15) is 5.56 Å². The first kappa shape index (κ1) is 17.7. The lowest BCUT2D eigenvalue weighted by Crippen LogP contribution is -2.19. The molecule has 6 nitrogen and oxygen atoms in total. The Morgan fingerprint density at radius 2 is 1.86 bits per heavy atom. The van der Waals surface area contributed by atoms with Gasteiger partial charge in [-0.05, 0) is 30.7 Å². The summed E-state index contributed by atoms with van der Waals surface area (Å²) < 4.78 is 66.8. The third-order valence-corrected chi connectivity index (χ3v) is 3.29. The molecule has 120 valence electrons. The fourth-order valence-corrected chi connectivity index (χ4v) is 2.25. The van der Waals surface area contributed by atoms with Gasteiger partial charge in [0.1, 0.15) is 17.3 Å². The molecule has 4 N–H and O–H groups in total. The van der Waals surface area contributed by atoms with Crippen molar-refractivity contribution in [2.75, 3.05) is 19.8 Å². The Balaban J connectivity index is 2.82. The molecule has 0 saturated carbocycles. The summed E-state index contributed by atoms with van der Waals surface area (Å²) in [5, 5.41) is 5.05. The molecule has 0 aliphatic carbocycles. The maximum atomic E-state index is 11.8. The minimum atomic E-state index is -4.77. The van der Waals surface area contributed by atoms with Gasteiger partial charge in [-0.3, -0.25) is 4.74 Å². The van der Waals surface area contributed by atoms with Gasteiger partial charge in [-0.2, -0.15) is 0 Å². The summed E-state index contributed by atoms with van der Waals surface area (Å²) in [7, 11) is -4.07. The molecule has 0 heterocycles. The lowest BCUT2D eigenvalue weighted by atomic mass is 10.1. The number of hydrogen-bond donors (Lipinski definition) is 2. The maximum Gasteiger partial charge on any atom is 0.522 e. The molecule has 21 heavy (non-hydrogen) atoms. The molecule has 0 aliphatic heterocycles. The van der Waals surface area contributed by atoms with Crippen molar-refractivity contribution in [2.45, 2.75) is 17.7 Å². The molecular formula is C11H15F3N2O4S. The zero-order chi connectivity index (χ0) is 16.1. The molecule has 0 radical (unpaired) electrons. The minimum Gasteiger partial charge on any atom is -0.490 e. The Hall–Kier alpha value is -1.36. The molecule has 1 aromatic carbocycles. The molecule has 0 atom stereocenters. The Labute approximate surface area is 119 Å². The smallest absolute Gasteiger partial charge is 0.490 e. The number of ether oxygens (including phenoxy) is 2. The second-order valence-electron chi connectivity index (χ2n) is 4.01. The molecular weight excluding hydrogens is 313 g/mol. The molecule has 0 amide bonds. The number of primary sulfonamides is 1. The van der Waals surface area contributed by atoms with E-state index in [4.69, 9.17) is 15.6 Å². The van der Waals surface area contributed by atoms with Gasteiger partial charge in [-0.25, -0.2) is 13.6 Å². The van der Waals surface area contributed by atoms with Crippen molar-refractivity contribution in [1.82, 2.24) is 0 Å². The van der Waals surface area contributed by atoms with E-state index in [-0.39, 0.29) is 10.6 Å². The molecule has 0 aromatic heterocycles. The van der Waals surface area contributed by atoms with E-state index < -0.39 is 29.6 Å². The second kappa shape index (κ2) is 7.07. The number of hydrogen-bond acceptors (Lipinski definition) is 5. The average Bonchev–Trinajstić information content (AvgIpc) is 2.34. The maximum absolute atomic E-state index is 11.8. The van der Waals surface area contributed by atoms with Crippen LogP contribution in [-0.4, -0.2) is 34.5 Å². The number of alkyl halides is 3. The quantitative estimate of drug-likeness (QED) is 0.719. The average molecular weight is 328 g/mol. The van der Waals surface area contributed by atoms with Gasteiger partial charge >= 0.3 is 6.36 Å². The molecule has 0 unspecified atom stereocenters. The molecule has 1 rings (SSSR count). The lowest BCUT2D eigenvalue weighted by Gasteiger charge is -2.12. The van der Waals surface area contributed by atoms with E-state index in [1.807, 2.05) is 0 Å². The van der Waals surface area contributed by atoms with E-state index in [2.05, 4.69) is 4.74 Å². The topological polar surface area (TPSA) is 105 Å². The van der Waals surface area contributed by atoms with Crippen LogP contribution in [0.4, 0.5) is 13.2 Å². The Morgan fingerprint density at radius 3 is 2.38 bits per heavy atom. The SMILES string of the molecule is NCCc1ccc(OCCOC(F)(F)F)c(S(N)(=O)=O)c1.